The molecular weight excluding hydrogens is 424 g/mol. The van der Waals surface area contributed by atoms with E-state index in [1.807, 2.05) is 18.2 Å². The minimum absolute atomic E-state index is 0.101. The van der Waals surface area contributed by atoms with E-state index in [1.165, 1.54) is 4.31 Å². The molecule has 0 amide bonds. The van der Waals surface area contributed by atoms with Crippen LogP contribution in [0.15, 0.2) is 55.0 Å². The fourth-order valence-corrected chi connectivity index (χ4v) is 5.21. The Balaban J connectivity index is 1.39. The van der Waals surface area contributed by atoms with Crippen molar-refractivity contribution in [2.75, 3.05) is 18.4 Å². The Labute approximate surface area is 179 Å². The van der Waals surface area contributed by atoms with E-state index in [1.54, 1.807) is 18.6 Å². The van der Waals surface area contributed by atoms with Gasteiger partial charge in [0.05, 0.1) is 11.9 Å². The number of sulfonamides is 1. The van der Waals surface area contributed by atoms with Gasteiger partial charge in [0.1, 0.15) is 23.3 Å². The molecule has 0 unspecified atom stereocenters. The van der Waals surface area contributed by atoms with Crippen LogP contribution in [0.3, 0.4) is 0 Å². The summed E-state index contributed by atoms with van der Waals surface area (Å²) in [5.41, 5.74) is 0.974. The zero-order valence-corrected chi connectivity index (χ0v) is 17.4. The number of benzene rings is 1. The Hall–Kier alpha value is -2.98. The van der Waals surface area contributed by atoms with Gasteiger partial charge >= 0.3 is 0 Å². The summed E-state index contributed by atoms with van der Waals surface area (Å²) in [7, 11) is -3.67. The first-order valence-corrected chi connectivity index (χ1v) is 11.4. The molecule has 10 heteroatoms. The van der Waals surface area contributed by atoms with Crippen LogP contribution in [-0.2, 0) is 15.8 Å². The fraction of sp³-hybridized carbons (Fsp3) is 0.286. The third-order valence-electron chi connectivity index (χ3n) is 5.13. The van der Waals surface area contributed by atoms with Gasteiger partial charge in [-0.05, 0) is 42.7 Å². The Morgan fingerprint density at radius 1 is 1.03 bits per heavy atom. The lowest BCUT2D eigenvalue weighted by molar-refractivity contribution is 0.316. The number of nitrogens with zero attached hydrogens (tertiary/aromatic N) is 4. The molecule has 3 aromatic rings. The second-order valence-electron chi connectivity index (χ2n) is 7.37. The van der Waals surface area contributed by atoms with Gasteiger partial charge in [0.15, 0.2) is 0 Å². The zero-order chi connectivity index (χ0) is 21.8. The van der Waals surface area contributed by atoms with Crippen molar-refractivity contribution in [2.45, 2.75) is 24.5 Å². The van der Waals surface area contributed by atoms with Crippen molar-refractivity contribution in [1.29, 1.82) is 0 Å². The van der Waals surface area contributed by atoms with Gasteiger partial charge in [-0.25, -0.2) is 31.5 Å². The Morgan fingerprint density at radius 2 is 1.77 bits per heavy atom. The van der Waals surface area contributed by atoms with E-state index in [0.29, 0.717) is 37.6 Å². The molecule has 0 saturated carbocycles. The second-order valence-corrected chi connectivity index (χ2v) is 9.34. The van der Waals surface area contributed by atoms with E-state index in [0.717, 1.165) is 23.9 Å². The number of nitrogens with one attached hydrogen (secondary N) is 1. The van der Waals surface area contributed by atoms with E-state index >= 15 is 0 Å². The van der Waals surface area contributed by atoms with Crippen molar-refractivity contribution in [3.05, 3.63) is 77.9 Å². The average Bonchev–Trinajstić information content (AvgIpc) is 2.74. The zero-order valence-electron chi connectivity index (χ0n) is 16.6. The Kier molecular flexibility index (Phi) is 6.19. The largest absolute Gasteiger partial charge is 0.324 e. The smallest absolute Gasteiger partial charge is 0.218 e. The molecule has 1 aliphatic rings. The second kappa shape index (κ2) is 9.03. The summed E-state index contributed by atoms with van der Waals surface area (Å²) in [5, 5.41) is 3.10. The lowest BCUT2D eigenvalue weighted by atomic mass is 9.94. The van der Waals surface area contributed by atoms with Crippen molar-refractivity contribution < 1.29 is 17.2 Å². The van der Waals surface area contributed by atoms with Gasteiger partial charge in [0, 0.05) is 43.2 Å². The fourth-order valence-electron chi connectivity index (χ4n) is 3.67. The van der Waals surface area contributed by atoms with Gasteiger partial charge in [-0.1, -0.05) is 6.07 Å². The number of anilines is 2. The first-order chi connectivity index (χ1) is 14.9. The molecule has 1 fully saturated rings. The predicted molar refractivity (Wildman–Crippen MR) is 112 cm³/mol. The van der Waals surface area contributed by atoms with E-state index < -0.39 is 27.4 Å². The van der Waals surface area contributed by atoms with Gasteiger partial charge in [0.25, 0.3) is 0 Å². The van der Waals surface area contributed by atoms with Crippen molar-refractivity contribution in [1.82, 2.24) is 19.3 Å². The summed E-state index contributed by atoms with van der Waals surface area (Å²) in [6.45, 7) is 0.655. The maximum atomic E-state index is 13.4. The van der Waals surface area contributed by atoms with Crippen molar-refractivity contribution >= 4 is 21.7 Å². The molecule has 1 saturated heterocycles. The van der Waals surface area contributed by atoms with Gasteiger partial charge in [0.2, 0.25) is 10.0 Å². The van der Waals surface area contributed by atoms with Crippen molar-refractivity contribution in [3.63, 3.8) is 0 Å². The number of piperidine rings is 1. The number of hydrogen-bond acceptors (Lipinski definition) is 6. The first-order valence-electron chi connectivity index (χ1n) is 9.82. The summed E-state index contributed by atoms with van der Waals surface area (Å²) in [5.74, 6) is -0.665. The minimum Gasteiger partial charge on any atom is -0.324 e. The van der Waals surface area contributed by atoms with E-state index in [9.17, 15) is 17.2 Å². The predicted octanol–water partition coefficient (Wildman–Crippen LogP) is 3.60. The highest BCUT2D eigenvalue weighted by molar-refractivity contribution is 7.88. The highest BCUT2D eigenvalue weighted by atomic mass is 32.2. The molecule has 4 rings (SSSR count). The third-order valence-corrected chi connectivity index (χ3v) is 6.98. The van der Waals surface area contributed by atoms with Crippen molar-refractivity contribution in [2.24, 2.45) is 0 Å². The molecule has 0 aliphatic carbocycles. The van der Waals surface area contributed by atoms with Crippen LogP contribution in [0.25, 0.3) is 0 Å². The van der Waals surface area contributed by atoms with Crippen molar-refractivity contribution in [3.8, 4) is 0 Å². The highest BCUT2D eigenvalue weighted by Crippen LogP contribution is 2.29. The van der Waals surface area contributed by atoms with Gasteiger partial charge < -0.3 is 5.32 Å². The summed E-state index contributed by atoms with van der Waals surface area (Å²) in [6.07, 6.45) is 5.99. The van der Waals surface area contributed by atoms with Crippen LogP contribution in [-0.4, -0.2) is 40.8 Å². The summed E-state index contributed by atoms with van der Waals surface area (Å²) in [6, 6.07) is 8.46. The molecule has 2 aromatic heterocycles. The maximum Gasteiger partial charge on any atom is 0.218 e. The number of halogens is 2. The number of hydrogen-bond donors (Lipinski definition) is 1. The van der Waals surface area contributed by atoms with Crippen LogP contribution in [0.1, 0.15) is 30.0 Å². The monoisotopic (exact) mass is 445 g/mol. The molecule has 162 valence electrons. The number of pyridine rings is 1. The van der Waals surface area contributed by atoms with Crippen LogP contribution < -0.4 is 5.32 Å². The van der Waals surface area contributed by atoms with Gasteiger partial charge in [-0.3, -0.25) is 4.98 Å². The van der Waals surface area contributed by atoms with Crippen LogP contribution in [0.4, 0.5) is 20.4 Å². The molecule has 31 heavy (non-hydrogen) atoms. The molecular formula is C21H21F2N5O2S. The van der Waals surface area contributed by atoms with E-state index in [-0.39, 0.29) is 11.5 Å². The first kappa shape index (κ1) is 21.3. The quantitative estimate of drug-likeness (QED) is 0.624. The van der Waals surface area contributed by atoms with Crippen LogP contribution >= 0.6 is 0 Å². The molecule has 1 aliphatic heterocycles. The van der Waals surface area contributed by atoms with Gasteiger partial charge in [-0.2, -0.15) is 0 Å². The molecule has 0 bridgehead atoms. The molecule has 1 aromatic carbocycles. The normalized spacial score (nSPS) is 15.7. The molecule has 7 nitrogen and oxygen atoms in total. The third kappa shape index (κ3) is 5.39. The summed E-state index contributed by atoms with van der Waals surface area (Å²) < 4.78 is 53.6. The number of aromatic nitrogens is 3. The standard InChI is InChI=1S/C21H21F2N5O2S/c22-17-10-15(11-18(23)12-17)14-31(29,30)28-8-4-16(5-9-28)19-2-1-3-20(26-19)27-21-13-24-6-7-25-21/h1-3,6-7,10-13,16H,4-5,8-9,14H2,(H,25,26,27). The van der Waals surface area contributed by atoms with Crippen LogP contribution in [0, 0.1) is 11.6 Å². The highest BCUT2D eigenvalue weighted by Gasteiger charge is 2.29. The molecule has 3 heterocycles. The van der Waals surface area contributed by atoms with E-state index in [2.05, 4.69) is 20.3 Å². The Morgan fingerprint density at radius 3 is 2.45 bits per heavy atom. The SMILES string of the molecule is O=S(=O)(Cc1cc(F)cc(F)c1)N1CCC(c2cccc(Nc3cnccn3)n2)CC1. The van der Waals surface area contributed by atoms with E-state index in [4.69, 9.17) is 0 Å². The molecule has 0 spiro atoms. The maximum absolute atomic E-state index is 13.4. The topological polar surface area (TPSA) is 88.1 Å². The van der Waals surface area contributed by atoms with Crippen LogP contribution in [0.5, 0.6) is 0 Å². The van der Waals surface area contributed by atoms with Gasteiger partial charge in [-0.15, -0.1) is 0 Å². The molecule has 0 radical (unpaired) electrons. The Bertz CT molecular complexity index is 1130. The summed E-state index contributed by atoms with van der Waals surface area (Å²) >= 11 is 0. The number of rotatable bonds is 6. The minimum atomic E-state index is -3.67. The lowest BCUT2D eigenvalue weighted by Gasteiger charge is -2.31. The summed E-state index contributed by atoms with van der Waals surface area (Å²) in [4.78, 5) is 12.8. The average molecular weight is 445 g/mol. The van der Waals surface area contributed by atoms with Crippen LogP contribution in [0.2, 0.25) is 0 Å². The molecule has 0 atom stereocenters. The lowest BCUT2D eigenvalue weighted by Crippen LogP contribution is -2.38. The molecule has 1 N–H and O–H groups in total.